The van der Waals surface area contributed by atoms with Crippen LogP contribution in [0.4, 0.5) is 0 Å². The molecule has 2 N–H and O–H groups in total. The molecule has 2 rings (SSSR count). The fourth-order valence-corrected chi connectivity index (χ4v) is 1.51. The molecular formula is C12H14N2O2. The van der Waals surface area contributed by atoms with Crippen LogP contribution < -0.4 is 10.5 Å². The van der Waals surface area contributed by atoms with E-state index in [0.29, 0.717) is 13.2 Å². The molecule has 0 radical (unpaired) electrons. The summed E-state index contributed by atoms with van der Waals surface area (Å²) in [6, 6.07) is 7.68. The topological polar surface area (TPSA) is 61.3 Å². The van der Waals surface area contributed by atoms with Crippen LogP contribution in [0.15, 0.2) is 35.0 Å². The van der Waals surface area contributed by atoms with Crippen molar-refractivity contribution >= 4 is 0 Å². The minimum absolute atomic E-state index is 0.423. The smallest absolute Gasteiger partial charge is 0.171 e. The van der Waals surface area contributed by atoms with Gasteiger partial charge in [0.05, 0.1) is 12.8 Å². The minimum atomic E-state index is 0.423. The molecule has 0 atom stereocenters. The molecule has 0 saturated carbocycles. The SMILES string of the molecule is CCOc1ccc(-c2oncc2CN)cc1. The van der Waals surface area contributed by atoms with Gasteiger partial charge in [-0.3, -0.25) is 0 Å². The summed E-state index contributed by atoms with van der Waals surface area (Å²) in [5.74, 6) is 1.57. The van der Waals surface area contributed by atoms with E-state index in [0.717, 1.165) is 22.6 Å². The van der Waals surface area contributed by atoms with E-state index in [4.69, 9.17) is 15.0 Å². The summed E-state index contributed by atoms with van der Waals surface area (Å²) in [7, 11) is 0. The van der Waals surface area contributed by atoms with Gasteiger partial charge in [0.1, 0.15) is 5.75 Å². The van der Waals surface area contributed by atoms with Crippen molar-refractivity contribution in [2.75, 3.05) is 6.61 Å². The van der Waals surface area contributed by atoms with Gasteiger partial charge in [-0.2, -0.15) is 0 Å². The molecule has 4 nitrogen and oxygen atoms in total. The third-order valence-corrected chi connectivity index (χ3v) is 2.29. The van der Waals surface area contributed by atoms with E-state index in [1.165, 1.54) is 0 Å². The van der Waals surface area contributed by atoms with Crippen LogP contribution in [0, 0.1) is 0 Å². The molecular weight excluding hydrogens is 204 g/mol. The Morgan fingerprint density at radius 2 is 2.06 bits per heavy atom. The van der Waals surface area contributed by atoms with Gasteiger partial charge in [0.25, 0.3) is 0 Å². The van der Waals surface area contributed by atoms with Gasteiger partial charge in [-0.25, -0.2) is 0 Å². The third-order valence-electron chi connectivity index (χ3n) is 2.29. The first-order chi connectivity index (χ1) is 7.85. The molecule has 0 amide bonds. The predicted octanol–water partition coefficient (Wildman–Crippen LogP) is 2.20. The average molecular weight is 218 g/mol. The molecule has 0 saturated heterocycles. The summed E-state index contributed by atoms with van der Waals surface area (Å²) >= 11 is 0. The molecule has 0 bridgehead atoms. The van der Waals surface area contributed by atoms with Gasteiger partial charge < -0.3 is 15.0 Å². The molecule has 0 fully saturated rings. The molecule has 0 aliphatic carbocycles. The zero-order valence-corrected chi connectivity index (χ0v) is 9.14. The van der Waals surface area contributed by atoms with Crippen LogP contribution in [0.5, 0.6) is 5.75 Å². The highest BCUT2D eigenvalue weighted by Crippen LogP contribution is 2.25. The second kappa shape index (κ2) is 4.81. The first-order valence-electron chi connectivity index (χ1n) is 5.22. The number of rotatable bonds is 4. The highest BCUT2D eigenvalue weighted by Gasteiger charge is 2.08. The monoisotopic (exact) mass is 218 g/mol. The Bertz CT molecular complexity index is 448. The molecule has 1 heterocycles. The molecule has 1 aromatic carbocycles. The van der Waals surface area contributed by atoms with Crippen molar-refractivity contribution in [3.63, 3.8) is 0 Å². The summed E-state index contributed by atoms with van der Waals surface area (Å²) in [4.78, 5) is 0. The fourth-order valence-electron chi connectivity index (χ4n) is 1.51. The molecule has 2 aromatic rings. The van der Waals surface area contributed by atoms with Gasteiger partial charge in [0.15, 0.2) is 5.76 Å². The van der Waals surface area contributed by atoms with Crippen molar-refractivity contribution in [1.29, 1.82) is 0 Å². The molecule has 84 valence electrons. The summed E-state index contributed by atoms with van der Waals surface area (Å²) < 4.78 is 10.5. The van der Waals surface area contributed by atoms with Crippen LogP contribution in [0.25, 0.3) is 11.3 Å². The van der Waals surface area contributed by atoms with Gasteiger partial charge in [-0.1, -0.05) is 5.16 Å². The summed E-state index contributed by atoms with van der Waals surface area (Å²) in [6.45, 7) is 3.04. The van der Waals surface area contributed by atoms with E-state index in [9.17, 15) is 0 Å². The Labute approximate surface area is 94.0 Å². The Balaban J connectivity index is 2.27. The van der Waals surface area contributed by atoms with Gasteiger partial charge in [0.2, 0.25) is 0 Å². The standard InChI is InChI=1S/C12H14N2O2/c1-2-15-11-5-3-9(4-6-11)12-10(7-13)8-14-16-12/h3-6,8H,2,7,13H2,1H3. The van der Waals surface area contributed by atoms with Crippen molar-refractivity contribution in [2.24, 2.45) is 5.73 Å². The number of hydrogen-bond donors (Lipinski definition) is 1. The van der Waals surface area contributed by atoms with Crippen molar-refractivity contribution in [2.45, 2.75) is 13.5 Å². The van der Waals surface area contributed by atoms with E-state index in [1.54, 1.807) is 6.20 Å². The summed E-state index contributed by atoms with van der Waals surface area (Å²) in [5, 5.41) is 3.74. The molecule has 0 unspecified atom stereocenters. The maximum Gasteiger partial charge on any atom is 0.171 e. The average Bonchev–Trinajstić information content (AvgIpc) is 2.78. The predicted molar refractivity (Wildman–Crippen MR) is 61.0 cm³/mol. The first kappa shape index (κ1) is 10.7. The number of nitrogens with two attached hydrogens (primary N) is 1. The minimum Gasteiger partial charge on any atom is -0.494 e. The number of benzene rings is 1. The zero-order chi connectivity index (χ0) is 11.4. The first-order valence-corrected chi connectivity index (χ1v) is 5.22. The highest BCUT2D eigenvalue weighted by atomic mass is 16.5. The molecule has 4 heteroatoms. The third kappa shape index (κ3) is 2.06. The van der Waals surface area contributed by atoms with Crippen LogP contribution in [0.2, 0.25) is 0 Å². The molecule has 0 aliphatic rings. The normalized spacial score (nSPS) is 10.4. The van der Waals surface area contributed by atoms with Gasteiger partial charge in [-0.05, 0) is 31.2 Å². The lowest BCUT2D eigenvalue weighted by Crippen LogP contribution is -1.96. The van der Waals surface area contributed by atoms with Gasteiger partial charge >= 0.3 is 0 Å². The Morgan fingerprint density at radius 3 is 2.69 bits per heavy atom. The number of ether oxygens (including phenoxy) is 1. The number of nitrogens with zero attached hydrogens (tertiary/aromatic N) is 1. The number of hydrogen-bond acceptors (Lipinski definition) is 4. The maximum atomic E-state index is 5.59. The Kier molecular flexibility index (Phi) is 3.22. The van der Waals surface area contributed by atoms with Crippen molar-refractivity contribution < 1.29 is 9.26 Å². The molecule has 0 aliphatic heterocycles. The van der Waals surface area contributed by atoms with E-state index in [1.807, 2.05) is 31.2 Å². The molecule has 16 heavy (non-hydrogen) atoms. The van der Waals surface area contributed by atoms with Crippen molar-refractivity contribution in [1.82, 2.24) is 5.16 Å². The highest BCUT2D eigenvalue weighted by molar-refractivity contribution is 5.61. The van der Waals surface area contributed by atoms with Gasteiger partial charge in [0, 0.05) is 17.7 Å². The van der Waals surface area contributed by atoms with E-state index in [-0.39, 0.29) is 0 Å². The molecule has 1 aromatic heterocycles. The summed E-state index contributed by atoms with van der Waals surface area (Å²) in [6.07, 6.45) is 1.64. The van der Waals surface area contributed by atoms with Crippen LogP contribution in [-0.4, -0.2) is 11.8 Å². The number of aromatic nitrogens is 1. The van der Waals surface area contributed by atoms with Crippen LogP contribution >= 0.6 is 0 Å². The molecule has 0 spiro atoms. The second-order valence-corrected chi connectivity index (χ2v) is 3.34. The van der Waals surface area contributed by atoms with Crippen molar-refractivity contribution in [3.05, 3.63) is 36.0 Å². The summed E-state index contributed by atoms with van der Waals surface area (Å²) in [5.41, 5.74) is 7.45. The van der Waals surface area contributed by atoms with Crippen molar-refractivity contribution in [3.8, 4) is 17.1 Å². The van der Waals surface area contributed by atoms with E-state index in [2.05, 4.69) is 5.16 Å². The lowest BCUT2D eigenvalue weighted by Gasteiger charge is -2.03. The fraction of sp³-hybridized carbons (Fsp3) is 0.250. The van der Waals surface area contributed by atoms with Gasteiger partial charge in [-0.15, -0.1) is 0 Å². The zero-order valence-electron chi connectivity index (χ0n) is 9.14. The Morgan fingerprint density at radius 1 is 1.31 bits per heavy atom. The van der Waals surface area contributed by atoms with E-state index >= 15 is 0 Å². The van der Waals surface area contributed by atoms with E-state index < -0.39 is 0 Å². The van der Waals surface area contributed by atoms with Crippen LogP contribution in [0.3, 0.4) is 0 Å². The quantitative estimate of drug-likeness (QED) is 0.854. The Hall–Kier alpha value is -1.81. The van der Waals surface area contributed by atoms with Crippen LogP contribution in [-0.2, 0) is 6.54 Å². The maximum absolute atomic E-state index is 5.59. The largest absolute Gasteiger partial charge is 0.494 e. The lowest BCUT2D eigenvalue weighted by atomic mass is 10.1. The lowest BCUT2D eigenvalue weighted by molar-refractivity contribution is 0.340. The second-order valence-electron chi connectivity index (χ2n) is 3.34. The van der Waals surface area contributed by atoms with Crippen LogP contribution in [0.1, 0.15) is 12.5 Å².